The number of anilines is 1. The lowest BCUT2D eigenvalue weighted by Gasteiger charge is -1.90. The summed E-state index contributed by atoms with van der Waals surface area (Å²) in [6.45, 7) is 0. The van der Waals surface area contributed by atoms with Gasteiger partial charge in [0.15, 0.2) is 6.29 Å². The fourth-order valence-electron chi connectivity index (χ4n) is 0.651. The third kappa shape index (κ3) is 1.38. The van der Waals surface area contributed by atoms with Crippen LogP contribution in [0, 0.1) is 11.8 Å². The van der Waals surface area contributed by atoms with Crippen molar-refractivity contribution in [1.82, 2.24) is 9.78 Å². The van der Waals surface area contributed by atoms with Crippen LogP contribution in [0.4, 0.5) is 5.82 Å². The standard InChI is InChI=1S/C7H7N3O/c1-10-7(8)6(5-9-10)3-2-4-11/h4-5H,8H2,1H3. The van der Waals surface area contributed by atoms with Gasteiger partial charge < -0.3 is 5.73 Å². The number of aldehydes is 1. The minimum Gasteiger partial charge on any atom is -0.383 e. The second-order valence-corrected chi connectivity index (χ2v) is 1.95. The second kappa shape index (κ2) is 2.88. The first-order chi connectivity index (χ1) is 5.25. The van der Waals surface area contributed by atoms with Crippen LogP contribution in [0.3, 0.4) is 0 Å². The fourth-order valence-corrected chi connectivity index (χ4v) is 0.651. The zero-order valence-corrected chi connectivity index (χ0v) is 6.03. The predicted molar refractivity (Wildman–Crippen MR) is 40.6 cm³/mol. The SMILES string of the molecule is Cn1ncc(C#CC=O)c1N. The third-order valence-corrected chi connectivity index (χ3v) is 1.25. The van der Waals surface area contributed by atoms with Gasteiger partial charge in [0.2, 0.25) is 0 Å². The Morgan fingerprint density at radius 1 is 1.82 bits per heavy atom. The van der Waals surface area contributed by atoms with E-state index in [9.17, 15) is 4.79 Å². The highest BCUT2D eigenvalue weighted by atomic mass is 16.1. The van der Waals surface area contributed by atoms with Crippen LogP contribution in [-0.2, 0) is 11.8 Å². The summed E-state index contributed by atoms with van der Waals surface area (Å²) in [5.74, 6) is 5.28. The average molecular weight is 149 g/mol. The number of nitrogens with two attached hydrogens (primary N) is 1. The highest BCUT2D eigenvalue weighted by molar-refractivity contribution is 5.74. The van der Waals surface area contributed by atoms with E-state index in [2.05, 4.69) is 16.9 Å². The molecule has 0 spiro atoms. The van der Waals surface area contributed by atoms with Gasteiger partial charge in [0.05, 0.1) is 11.8 Å². The molecule has 0 aliphatic carbocycles. The summed E-state index contributed by atoms with van der Waals surface area (Å²) < 4.78 is 1.49. The summed E-state index contributed by atoms with van der Waals surface area (Å²) in [6.07, 6.45) is 2.04. The zero-order valence-electron chi connectivity index (χ0n) is 6.03. The number of carbonyl (C=O) groups excluding carboxylic acids is 1. The first-order valence-corrected chi connectivity index (χ1v) is 2.98. The van der Waals surface area contributed by atoms with Gasteiger partial charge in [0.1, 0.15) is 5.82 Å². The Morgan fingerprint density at radius 3 is 3.00 bits per heavy atom. The summed E-state index contributed by atoms with van der Waals surface area (Å²) in [5.41, 5.74) is 6.11. The van der Waals surface area contributed by atoms with E-state index in [1.807, 2.05) is 0 Å². The minimum atomic E-state index is 0.472. The Balaban J connectivity index is 3.05. The van der Waals surface area contributed by atoms with Crippen LogP contribution in [0.1, 0.15) is 5.56 Å². The lowest BCUT2D eigenvalue weighted by Crippen LogP contribution is -1.98. The number of nitrogen functional groups attached to an aromatic ring is 1. The fraction of sp³-hybridized carbons (Fsp3) is 0.143. The second-order valence-electron chi connectivity index (χ2n) is 1.95. The normalized spacial score (nSPS) is 8.45. The van der Waals surface area contributed by atoms with Gasteiger partial charge in [-0.05, 0) is 5.92 Å². The average Bonchev–Trinajstić information content (AvgIpc) is 2.31. The Labute approximate surface area is 64.0 Å². The van der Waals surface area contributed by atoms with Gasteiger partial charge in [-0.2, -0.15) is 5.10 Å². The van der Waals surface area contributed by atoms with Crippen LogP contribution in [0.2, 0.25) is 0 Å². The summed E-state index contributed by atoms with van der Waals surface area (Å²) in [6, 6.07) is 0. The molecule has 0 saturated carbocycles. The molecule has 0 aliphatic heterocycles. The van der Waals surface area contributed by atoms with Gasteiger partial charge in [0.25, 0.3) is 0 Å². The molecule has 0 fully saturated rings. The Morgan fingerprint density at radius 2 is 2.55 bits per heavy atom. The third-order valence-electron chi connectivity index (χ3n) is 1.25. The van der Waals surface area contributed by atoms with E-state index in [0.717, 1.165) is 0 Å². The maximum absolute atomic E-state index is 9.85. The Bertz CT molecular complexity index is 329. The number of aromatic nitrogens is 2. The molecule has 56 valence electrons. The maximum Gasteiger partial charge on any atom is 0.193 e. The number of hydrogen-bond donors (Lipinski definition) is 1. The molecule has 0 unspecified atom stereocenters. The Kier molecular flexibility index (Phi) is 1.93. The van der Waals surface area contributed by atoms with E-state index in [4.69, 9.17) is 5.73 Å². The van der Waals surface area contributed by atoms with Crippen LogP contribution in [0.5, 0.6) is 0 Å². The van der Waals surface area contributed by atoms with E-state index < -0.39 is 0 Å². The van der Waals surface area contributed by atoms with Gasteiger partial charge in [-0.3, -0.25) is 9.48 Å². The molecule has 0 aliphatic rings. The van der Waals surface area contributed by atoms with Crippen molar-refractivity contribution in [2.75, 3.05) is 5.73 Å². The Hall–Kier alpha value is -1.76. The topological polar surface area (TPSA) is 60.9 Å². The molecule has 0 aromatic carbocycles. The molecule has 0 saturated heterocycles. The molecule has 4 heteroatoms. The molecule has 2 N–H and O–H groups in total. The van der Waals surface area contributed by atoms with Gasteiger partial charge in [-0.1, -0.05) is 5.92 Å². The van der Waals surface area contributed by atoms with Crippen LogP contribution >= 0.6 is 0 Å². The van der Waals surface area contributed by atoms with E-state index in [1.165, 1.54) is 10.9 Å². The number of hydrogen-bond acceptors (Lipinski definition) is 3. The van der Waals surface area contributed by atoms with E-state index in [0.29, 0.717) is 17.7 Å². The lowest BCUT2D eigenvalue weighted by atomic mass is 10.3. The smallest absolute Gasteiger partial charge is 0.193 e. The van der Waals surface area contributed by atoms with Crippen molar-refractivity contribution in [3.05, 3.63) is 11.8 Å². The summed E-state index contributed by atoms with van der Waals surface area (Å²) in [4.78, 5) is 9.85. The monoisotopic (exact) mass is 149 g/mol. The molecule has 0 bridgehead atoms. The summed E-state index contributed by atoms with van der Waals surface area (Å²) in [5, 5.41) is 3.84. The van der Waals surface area contributed by atoms with Crippen molar-refractivity contribution in [3.63, 3.8) is 0 Å². The van der Waals surface area contributed by atoms with Crippen molar-refractivity contribution in [3.8, 4) is 11.8 Å². The summed E-state index contributed by atoms with van der Waals surface area (Å²) in [7, 11) is 1.71. The van der Waals surface area contributed by atoms with Gasteiger partial charge >= 0.3 is 0 Å². The molecule has 1 aromatic rings. The van der Waals surface area contributed by atoms with Gasteiger partial charge in [-0.15, -0.1) is 0 Å². The summed E-state index contributed by atoms with van der Waals surface area (Å²) >= 11 is 0. The number of carbonyl (C=O) groups is 1. The minimum absolute atomic E-state index is 0.472. The largest absolute Gasteiger partial charge is 0.383 e. The van der Waals surface area contributed by atoms with E-state index in [-0.39, 0.29) is 0 Å². The predicted octanol–water partition coefficient (Wildman–Crippen LogP) is -0.447. The number of rotatable bonds is 0. The maximum atomic E-state index is 9.85. The lowest BCUT2D eigenvalue weighted by molar-refractivity contribution is -0.103. The molecule has 1 aromatic heterocycles. The van der Waals surface area contributed by atoms with Gasteiger partial charge in [0, 0.05) is 7.05 Å². The number of aryl methyl sites for hydroxylation is 1. The molecular weight excluding hydrogens is 142 g/mol. The molecule has 0 amide bonds. The first kappa shape index (κ1) is 7.35. The van der Waals surface area contributed by atoms with E-state index >= 15 is 0 Å². The zero-order chi connectivity index (χ0) is 8.27. The van der Waals surface area contributed by atoms with Crippen molar-refractivity contribution in [2.24, 2.45) is 7.05 Å². The first-order valence-electron chi connectivity index (χ1n) is 2.98. The molecule has 4 nitrogen and oxygen atoms in total. The van der Waals surface area contributed by atoms with Crippen LogP contribution < -0.4 is 5.73 Å². The molecular formula is C7H7N3O. The molecule has 11 heavy (non-hydrogen) atoms. The highest BCUT2D eigenvalue weighted by Crippen LogP contribution is 2.05. The van der Waals surface area contributed by atoms with Gasteiger partial charge in [-0.25, -0.2) is 0 Å². The quantitative estimate of drug-likeness (QED) is 0.401. The molecule has 1 heterocycles. The van der Waals surface area contributed by atoms with Crippen molar-refractivity contribution >= 4 is 12.1 Å². The van der Waals surface area contributed by atoms with Crippen molar-refractivity contribution in [2.45, 2.75) is 0 Å². The van der Waals surface area contributed by atoms with Crippen LogP contribution in [-0.4, -0.2) is 16.1 Å². The number of nitrogens with zero attached hydrogens (tertiary/aromatic N) is 2. The molecule has 0 atom stereocenters. The highest BCUT2D eigenvalue weighted by Gasteiger charge is 1.98. The molecule has 1 rings (SSSR count). The van der Waals surface area contributed by atoms with Crippen LogP contribution in [0.25, 0.3) is 0 Å². The van der Waals surface area contributed by atoms with E-state index in [1.54, 1.807) is 7.05 Å². The molecule has 0 radical (unpaired) electrons. The van der Waals surface area contributed by atoms with Crippen molar-refractivity contribution in [1.29, 1.82) is 0 Å². The van der Waals surface area contributed by atoms with Crippen molar-refractivity contribution < 1.29 is 4.79 Å². The van der Waals surface area contributed by atoms with Crippen LogP contribution in [0.15, 0.2) is 6.20 Å².